The van der Waals surface area contributed by atoms with Gasteiger partial charge in [-0.15, -0.1) is 0 Å². The summed E-state index contributed by atoms with van der Waals surface area (Å²) in [4.78, 5) is 19.0. The Morgan fingerprint density at radius 3 is 2.76 bits per heavy atom. The Labute approximate surface area is 172 Å². The fourth-order valence-corrected chi connectivity index (χ4v) is 3.65. The molecule has 3 aromatic rings. The Morgan fingerprint density at radius 2 is 2.00 bits per heavy atom. The molecule has 2 aromatic carbocycles. The zero-order valence-electron chi connectivity index (χ0n) is 15.6. The largest absolute Gasteiger partial charge is 0.338 e. The molecular formula is C21H20ClFN4O2. The number of carbonyl (C=O) groups excluding carboxylic acids is 1. The summed E-state index contributed by atoms with van der Waals surface area (Å²) in [6.07, 6.45) is 1.43. The third-order valence-corrected chi connectivity index (χ3v) is 5.32. The van der Waals surface area contributed by atoms with Crippen LogP contribution in [-0.4, -0.2) is 34.0 Å². The lowest BCUT2D eigenvalue weighted by atomic mass is 9.96. The third-order valence-electron chi connectivity index (χ3n) is 4.99. The zero-order valence-corrected chi connectivity index (χ0v) is 16.4. The van der Waals surface area contributed by atoms with Crippen molar-refractivity contribution in [2.75, 3.05) is 18.4 Å². The number of hydrogen-bond acceptors (Lipinski definition) is 5. The van der Waals surface area contributed by atoms with Gasteiger partial charge in [-0.1, -0.05) is 35.0 Å². The lowest BCUT2D eigenvalue weighted by Crippen LogP contribution is -2.37. The van der Waals surface area contributed by atoms with E-state index in [2.05, 4.69) is 20.4 Å². The molecule has 0 bridgehead atoms. The summed E-state index contributed by atoms with van der Waals surface area (Å²) in [5, 5.41) is 7.38. The van der Waals surface area contributed by atoms with Crippen molar-refractivity contribution in [3.8, 4) is 11.4 Å². The van der Waals surface area contributed by atoms with E-state index in [1.807, 2.05) is 18.2 Å². The SMILES string of the molecule is O=C(Nc1cccc(F)c1)C1CCN(Cc2nc(-c3ccccc3Cl)no2)CC1. The molecule has 8 heteroatoms. The van der Waals surface area contributed by atoms with Gasteiger partial charge >= 0.3 is 0 Å². The number of carbonyl (C=O) groups is 1. The number of nitrogens with zero attached hydrogens (tertiary/aromatic N) is 3. The molecule has 6 nitrogen and oxygen atoms in total. The second kappa shape index (κ2) is 8.71. The Balaban J connectivity index is 1.30. The summed E-state index contributed by atoms with van der Waals surface area (Å²) < 4.78 is 18.6. The molecular weight excluding hydrogens is 395 g/mol. The van der Waals surface area contributed by atoms with Gasteiger partial charge in [-0.3, -0.25) is 9.69 Å². The number of amides is 1. The Bertz CT molecular complexity index is 1000. The minimum absolute atomic E-state index is 0.0750. The molecule has 1 aliphatic rings. The second-order valence-electron chi connectivity index (χ2n) is 7.04. The highest BCUT2D eigenvalue weighted by molar-refractivity contribution is 6.33. The lowest BCUT2D eigenvalue weighted by Gasteiger charge is -2.30. The molecule has 2 heterocycles. The van der Waals surface area contributed by atoms with Crippen LogP contribution in [0.4, 0.5) is 10.1 Å². The summed E-state index contributed by atoms with van der Waals surface area (Å²) in [7, 11) is 0. The molecule has 0 aliphatic carbocycles. The van der Waals surface area contributed by atoms with E-state index in [0.717, 1.165) is 18.7 Å². The molecule has 0 unspecified atom stereocenters. The van der Waals surface area contributed by atoms with Crippen LogP contribution in [-0.2, 0) is 11.3 Å². The number of aromatic nitrogens is 2. The van der Waals surface area contributed by atoms with Crippen molar-refractivity contribution < 1.29 is 13.7 Å². The van der Waals surface area contributed by atoms with Crippen molar-refractivity contribution >= 4 is 23.2 Å². The van der Waals surface area contributed by atoms with E-state index in [0.29, 0.717) is 41.8 Å². The highest BCUT2D eigenvalue weighted by Crippen LogP contribution is 2.26. The van der Waals surface area contributed by atoms with Crippen LogP contribution in [0.15, 0.2) is 53.1 Å². The maximum absolute atomic E-state index is 13.3. The van der Waals surface area contributed by atoms with Gasteiger partial charge in [-0.05, 0) is 56.3 Å². The highest BCUT2D eigenvalue weighted by atomic mass is 35.5. The maximum Gasteiger partial charge on any atom is 0.241 e. The van der Waals surface area contributed by atoms with Crippen LogP contribution in [0.5, 0.6) is 0 Å². The van der Waals surface area contributed by atoms with E-state index in [1.165, 1.54) is 12.1 Å². The van der Waals surface area contributed by atoms with E-state index in [9.17, 15) is 9.18 Å². The van der Waals surface area contributed by atoms with Gasteiger partial charge in [0.25, 0.3) is 0 Å². The van der Waals surface area contributed by atoms with Crippen LogP contribution in [0.1, 0.15) is 18.7 Å². The normalized spacial score (nSPS) is 15.4. The maximum atomic E-state index is 13.3. The molecule has 29 heavy (non-hydrogen) atoms. The number of hydrogen-bond donors (Lipinski definition) is 1. The van der Waals surface area contributed by atoms with Gasteiger partial charge in [0, 0.05) is 17.2 Å². The lowest BCUT2D eigenvalue weighted by molar-refractivity contribution is -0.121. The number of nitrogens with one attached hydrogen (secondary N) is 1. The minimum atomic E-state index is -0.367. The van der Waals surface area contributed by atoms with E-state index in [-0.39, 0.29) is 17.6 Å². The first-order valence-electron chi connectivity index (χ1n) is 9.45. The monoisotopic (exact) mass is 414 g/mol. The Hall–Kier alpha value is -2.77. The molecule has 0 saturated carbocycles. The van der Waals surface area contributed by atoms with Gasteiger partial charge < -0.3 is 9.84 Å². The van der Waals surface area contributed by atoms with Crippen molar-refractivity contribution in [1.82, 2.24) is 15.0 Å². The predicted molar refractivity (Wildman–Crippen MR) is 108 cm³/mol. The number of rotatable bonds is 5. The van der Waals surface area contributed by atoms with Gasteiger partial charge in [0.15, 0.2) is 0 Å². The van der Waals surface area contributed by atoms with E-state index < -0.39 is 0 Å². The Kier molecular flexibility index (Phi) is 5.87. The van der Waals surface area contributed by atoms with Crippen LogP contribution in [0.2, 0.25) is 5.02 Å². The fourth-order valence-electron chi connectivity index (χ4n) is 3.43. The van der Waals surface area contributed by atoms with Gasteiger partial charge in [0.05, 0.1) is 11.6 Å². The number of halogens is 2. The standard InChI is InChI=1S/C21H20ClFN4O2/c22-18-7-2-1-6-17(18)20-25-19(29-26-20)13-27-10-8-14(9-11-27)21(28)24-16-5-3-4-15(23)12-16/h1-7,12,14H,8-11,13H2,(H,24,28). The molecule has 0 radical (unpaired) electrons. The molecule has 1 saturated heterocycles. The first kappa shape index (κ1) is 19.5. The predicted octanol–water partition coefficient (Wildman–Crippen LogP) is 4.38. The van der Waals surface area contributed by atoms with E-state index in [1.54, 1.807) is 18.2 Å². The molecule has 4 rings (SSSR count). The smallest absolute Gasteiger partial charge is 0.241 e. The summed E-state index contributed by atoms with van der Waals surface area (Å²) in [5.41, 5.74) is 1.22. The molecule has 0 atom stereocenters. The summed E-state index contributed by atoms with van der Waals surface area (Å²) in [6, 6.07) is 13.3. The van der Waals surface area contributed by atoms with Crippen molar-refractivity contribution in [3.63, 3.8) is 0 Å². The van der Waals surface area contributed by atoms with Gasteiger partial charge in [-0.2, -0.15) is 4.98 Å². The van der Waals surface area contributed by atoms with E-state index >= 15 is 0 Å². The van der Waals surface area contributed by atoms with E-state index in [4.69, 9.17) is 16.1 Å². The highest BCUT2D eigenvalue weighted by Gasteiger charge is 2.26. The number of benzene rings is 2. The molecule has 0 spiro atoms. The van der Waals surface area contributed by atoms with Crippen LogP contribution in [0.3, 0.4) is 0 Å². The van der Waals surface area contributed by atoms with Gasteiger partial charge in [0.2, 0.25) is 17.6 Å². The summed E-state index contributed by atoms with van der Waals surface area (Å²) in [6.45, 7) is 2.01. The minimum Gasteiger partial charge on any atom is -0.338 e. The molecule has 1 amide bonds. The molecule has 1 N–H and O–H groups in total. The summed E-state index contributed by atoms with van der Waals surface area (Å²) in [5.74, 6) is 0.441. The van der Waals surface area contributed by atoms with Crippen LogP contribution in [0.25, 0.3) is 11.4 Å². The first-order valence-corrected chi connectivity index (χ1v) is 9.82. The Morgan fingerprint density at radius 1 is 1.21 bits per heavy atom. The molecule has 1 aromatic heterocycles. The van der Waals surface area contributed by atoms with Gasteiger partial charge in [-0.25, -0.2) is 4.39 Å². The number of piperidine rings is 1. The van der Waals surface area contributed by atoms with Gasteiger partial charge in [0.1, 0.15) is 5.82 Å². The molecule has 1 fully saturated rings. The quantitative estimate of drug-likeness (QED) is 0.670. The van der Waals surface area contributed by atoms with Crippen LogP contribution >= 0.6 is 11.6 Å². The van der Waals surface area contributed by atoms with Crippen LogP contribution in [0, 0.1) is 11.7 Å². The van der Waals surface area contributed by atoms with Crippen LogP contribution < -0.4 is 5.32 Å². The third kappa shape index (κ3) is 4.81. The van der Waals surface area contributed by atoms with Crippen molar-refractivity contribution in [2.24, 2.45) is 5.92 Å². The summed E-state index contributed by atoms with van der Waals surface area (Å²) >= 11 is 6.18. The fraction of sp³-hybridized carbons (Fsp3) is 0.286. The van der Waals surface area contributed by atoms with Crippen molar-refractivity contribution in [1.29, 1.82) is 0 Å². The molecule has 150 valence electrons. The zero-order chi connectivity index (χ0) is 20.2. The number of likely N-dealkylation sites (tertiary alicyclic amines) is 1. The van der Waals surface area contributed by atoms with Crippen molar-refractivity contribution in [2.45, 2.75) is 19.4 Å². The first-order chi connectivity index (χ1) is 14.1. The molecule has 1 aliphatic heterocycles. The van der Waals surface area contributed by atoms with Crippen molar-refractivity contribution in [3.05, 3.63) is 65.3 Å². The number of anilines is 1. The topological polar surface area (TPSA) is 71.3 Å². The second-order valence-corrected chi connectivity index (χ2v) is 7.45. The average Bonchev–Trinajstić information content (AvgIpc) is 3.17. The average molecular weight is 415 g/mol.